The lowest BCUT2D eigenvalue weighted by atomic mass is 10.0. The Labute approximate surface area is 132 Å². The molecule has 2 aromatic carbocycles. The Morgan fingerprint density at radius 3 is 2.71 bits per heavy atom. The largest absolute Gasteiger partial charge is 0.331 e. The summed E-state index contributed by atoms with van der Waals surface area (Å²) in [5.41, 5.74) is 10.9. The van der Waals surface area contributed by atoms with E-state index < -0.39 is 0 Å². The van der Waals surface area contributed by atoms with Crippen LogP contribution in [0.3, 0.4) is 0 Å². The highest BCUT2D eigenvalue weighted by Gasteiger charge is 2.13. The molecule has 0 aliphatic rings. The van der Waals surface area contributed by atoms with Gasteiger partial charge in [-0.05, 0) is 42.3 Å². The van der Waals surface area contributed by atoms with E-state index >= 15 is 0 Å². The van der Waals surface area contributed by atoms with Crippen molar-refractivity contribution in [2.45, 2.75) is 19.4 Å². The summed E-state index contributed by atoms with van der Waals surface area (Å²) >= 11 is 3.53. The van der Waals surface area contributed by atoms with Crippen LogP contribution in [0.1, 0.15) is 23.0 Å². The van der Waals surface area contributed by atoms with Crippen molar-refractivity contribution in [3.05, 3.63) is 63.9 Å². The molecule has 3 rings (SSSR count). The van der Waals surface area contributed by atoms with Crippen LogP contribution in [0.4, 0.5) is 0 Å². The van der Waals surface area contributed by atoms with Gasteiger partial charge in [-0.15, -0.1) is 0 Å². The number of imidazole rings is 1. The molecular formula is C17H18BrN3. The number of aryl methyl sites for hydroxylation is 2. The molecule has 1 heterocycles. The van der Waals surface area contributed by atoms with Gasteiger partial charge in [-0.2, -0.15) is 0 Å². The summed E-state index contributed by atoms with van der Waals surface area (Å²) < 4.78 is 3.19. The van der Waals surface area contributed by atoms with Crippen molar-refractivity contribution in [2.24, 2.45) is 12.8 Å². The second-order valence-corrected chi connectivity index (χ2v) is 6.36. The van der Waals surface area contributed by atoms with Crippen LogP contribution < -0.4 is 5.73 Å². The Balaban J connectivity index is 1.92. The van der Waals surface area contributed by atoms with Crippen molar-refractivity contribution < 1.29 is 0 Å². The third-order valence-electron chi connectivity index (χ3n) is 3.77. The first-order valence-electron chi connectivity index (χ1n) is 6.97. The molecular weight excluding hydrogens is 326 g/mol. The van der Waals surface area contributed by atoms with Crippen LogP contribution in [0.5, 0.6) is 0 Å². The summed E-state index contributed by atoms with van der Waals surface area (Å²) in [7, 11) is 2.05. The molecule has 0 bridgehead atoms. The highest BCUT2D eigenvalue weighted by atomic mass is 79.9. The lowest BCUT2D eigenvalue weighted by Crippen LogP contribution is -2.16. The number of aromatic nitrogens is 2. The number of para-hydroxylation sites is 2. The van der Waals surface area contributed by atoms with Crippen LogP contribution in [0.2, 0.25) is 0 Å². The topological polar surface area (TPSA) is 43.8 Å². The molecule has 0 saturated heterocycles. The lowest BCUT2D eigenvalue weighted by Gasteiger charge is -2.13. The first kappa shape index (κ1) is 14.3. The van der Waals surface area contributed by atoms with E-state index in [2.05, 4.69) is 51.7 Å². The van der Waals surface area contributed by atoms with Crippen LogP contribution in [0.25, 0.3) is 11.0 Å². The number of nitrogens with two attached hydrogens (primary N) is 1. The summed E-state index contributed by atoms with van der Waals surface area (Å²) in [6.07, 6.45) is 0.723. The minimum absolute atomic E-state index is 0.0586. The number of benzene rings is 2. The zero-order valence-electron chi connectivity index (χ0n) is 12.2. The average Bonchev–Trinajstić information content (AvgIpc) is 2.75. The number of fused-ring (bicyclic) bond motifs is 1. The number of hydrogen-bond donors (Lipinski definition) is 1. The molecule has 4 heteroatoms. The molecule has 2 N–H and O–H groups in total. The normalized spacial score (nSPS) is 12.8. The summed E-state index contributed by atoms with van der Waals surface area (Å²) in [5, 5.41) is 0. The van der Waals surface area contributed by atoms with E-state index in [-0.39, 0.29) is 6.04 Å². The zero-order chi connectivity index (χ0) is 15.0. The quantitative estimate of drug-likeness (QED) is 0.783. The maximum atomic E-state index is 6.38. The molecule has 0 spiro atoms. The van der Waals surface area contributed by atoms with E-state index in [9.17, 15) is 0 Å². The molecule has 0 saturated carbocycles. The Morgan fingerprint density at radius 2 is 2.00 bits per heavy atom. The minimum atomic E-state index is -0.0586. The predicted molar refractivity (Wildman–Crippen MR) is 90.2 cm³/mol. The molecule has 0 aliphatic carbocycles. The van der Waals surface area contributed by atoms with Gasteiger partial charge in [-0.1, -0.05) is 34.1 Å². The van der Waals surface area contributed by atoms with Gasteiger partial charge in [0.1, 0.15) is 5.82 Å². The van der Waals surface area contributed by atoms with Crippen molar-refractivity contribution in [3.8, 4) is 0 Å². The number of nitrogens with zero attached hydrogens (tertiary/aromatic N) is 2. The third kappa shape index (κ3) is 2.87. The standard InChI is InChI=1S/C17H18BrN3/c1-11-7-12(9-13(18)8-11)14(19)10-17-20-15-5-3-4-6-16(15)21(17)2/h3-9,14H,10,19H2,1-2H3. The van der Waals surface area contributed by atoms with Crippen LogP contribution >= 0.6 is 15.9 Å². The SMILES string of the molecule is Cc1cc(Br)cc(C(N)Cc2nc3ccccc3n2C)c1. The van der Waals surface area contributed by atoms with E-state index in [4.69, 9.17) is 10.7 Å². The van der Waals surface area contributed by atoms with Gasteiger partial charge in [0.15, 0.2) is 0 Å². The van der Waals surface area contributed by atoms with Gasteiger partial charge < -0.3 is 10.3 Å². The molecule has 21 heavy (non-hydrogen) atoms. The number of halogens is 1. The molecule has 3 nitrogen and oxygen atoms in total. The highest BCUT2D eigenvalue weighted by molar-refractivity contribution is 9.10. The molecule has 3 aromatic rings. The Bertz CT molecular complexity index is 772. The van der Waals surface area contributed by atoms with Gasteiger partial charge >= 0.3 is 0 Å². The molecule has 0 radical (unpaired) electrons. The Hall–Kier alpha value is -1.65. The van der Waals surface area contributed by atoms with Crippen molar-refractivity contribution >= 4 is 27.0 Å². The van der Waals surface area contributed by atoms with Gasteiger partial charge in [0.05, 0.1) is 11.0 Å². The number of rotatable bonds is 3. The zero-order valence-corrected chi connectivity index (χ0v) is 13.8. The average molecular weight is 344 g/mol. The third-order valence-corrected chi connectivity index (χ3v) is 4.23. The fourth-order valence-corrected chi connectivity index (χ4v) is 3.30. The second kappa shape index (κ2) is 5.62. The highest BCUT2D eigenvalue weighted by Crippen LogP contribution is 2.23. The minimum Gasteiger partial charge on any atom is -0.331 e. The van der Waals surface area contributed by atoms with Crippen LogP contribution in [0, 0.1) is 6.92 Å². The van der Waals surface area contributed by atoms with Gasteiger partial charge in [-0.25, -0.2) is 4.98 Å². The van der Waals surface area contributed by atoms with Crippen molar-refractivity contribution in [3.63, 3.8) is 0 Å². The second-order valence-electron chi connectivity index (χ2n) is 5.45. The van der Waals surface area contributed by atoms with E-state index in [1.165, 1.54) is 5.56 Å². The lowest BCUT2D eigenvalue weighted by molar-refractivity contribution is 0.664. The molecule has 108 valence electrons. The van der Waals surface area contributed by atoms with Crippen molar-refractivity contribution in [2.75, 3.05) is 0 Å². The van der Waals surface area contributed by atoms with Crippen molar-refractivity contribution in [1.29, 1.82) is 0 Å². The monoisotopic (exact) mass is 343 g/mol. The smallest absolute Gasteiger partial charge is 0.111 e. The van der Waals surface area contributed by atoms with E-state index in [0.717, 1.165) is 33.3 Å². The van der Waals surface area contributed by atoms with E-state index in [1.54, 1.807) is 0 Å². The van der Waals surface area contributed by atoms with Gasteiger partial charge in [0.2, 0.25) is 0 Å². The molecule has 0 fully saturated rings. The first-order chi connectivity index (χ1) is 10.0. The van der Waals surface area contributed by atoms with Crippen LogP contribution in [-0.4, -0.2) is 9.55 Å². The molecule has 0 amide bonds. The fraction of sp³-hybridized carbons (Fsp3) is 0.235. The summed E-state index contributed by atoms with van der Waals surface area (Å²) in [5.74, 6) is 1.02. The van der Waals surface area contributed by atoms with E-state index in [1.807, 2.05) is 25.2 Å². The summed E-state index contributed by atoms with van der Waals surface area (Å²) in [4.78, 5) is 4.69. The molecule has 0 aliphatic heterocycles. The first-order valence-corrected chi connectivity index (χ1v) is 7.77. The van der Waals surface area contributed by atoms with Crippen LogP contribution in [-0.2, 0) is 13.5 Å². The van der Waals surface area contributed by atoms with E-state index in [0.29, 0.717) is 0 Å². The van der Waals surface area contributed by atoms with Gasteiger partial charge in [0, 0.05) is 24.0 Å². The molecule has 1 atom stereocenters. The fourth-order valence-electron chi connectivity index (χ4n) is 2.67. The number of hydrogen-bond acceptors (Lipinski definition) is 2. The molecule has 1 aromatic heterocycles. The van der Waals surface area contributed by atoms with Gasteiger partial charge in [-0.3, -0.25) is 0 Å². The predicted octanol–water partition coefficient (Wildman–Crippen LogP) is 3.89. The van der Waals surface area contributed by atoms with Crippen LogP contribution in [0.15, 0.2) is 46.9 Å². The Kier molecular flexibility index (Phi) is 3.83. The van der Waals surface area contributed by atoms with Gasteiger partial charge in [0.25, 0.3) is 0 Å². The maximum Gasteiger partial charge on any atom is 0.111 e. The Morgan fingerprint density at radius 1 is 1.24 bits per heavy atom. The summed E-state index contributed by atoms with van der Waals surface area (Å²) in [6, 6.07) is 14.4. The molecule has 1 unspecified atom stereocenters. The summed E-state index contributed by atoms with van der Waals surface area (Å²) in [6.45, 7) is 2.08. The maximum absolute atomic E-state index is 6.38. The van der Waals surface area contributed by atoms with Crippen molar-refractivity contribution in [1.82, 2.24) is 9.55 Å².